The Morgan fingerprint density at radius 3 is 2.67 bits per heavy atom. The molecule has 0 saturated carbocycles. The third-order valence-corrected chi connectivity index (χ3v) is 2.19. The Morgan fingerprint density at radius 1 is 1.58 bits per heavy atom. The number of likely N-dealkylation sites (tertiary alicyclic amines) is 1. The van der Waals surface area contributed by atoms with E-state index >= 15 is 0 Å². The van der Waals surface area contributed by atoms with Gasteiger partial charge in [-0.25, -0.2) is 0 Å². The first kappa shape index (κ1) is 9.96. The molecule has 0 aliphatic carbocycles. The molecule has 1 saturated heterocycles. The fourth-order valence-electron chi connectivity index (χ4n) is 1.71. The van der Waals surface area contributed by atoms with E-state index in [9.17, 15) is 0 Å². The van der Waals surface area contributed by atoms with Gasteiger partial charge < -0.3 is 10.5 Å². The van der Waals surface area contributed by atoms with Crippen molar-refractivity contribution in [3.05, 3.63) is 0 Å². The number of hydrogen-bond acceptors (Lipinski definition) is 3. The maximum absolute atomic E-state index is 5.92. The van der Waals surface area contributed by atoms with E-state index in [2.05, 4.69) is 18.7 Å². The van der Waals surface area contributed by atoms with E-state index in [1.54, 1.807) is 7.11 Å². The predicted molar refractivity (Wildman–Crippen MR) is 50.1 cm³/mol. The van der Waals surface area contributed by atoms with Crippen LogP contribution in [0.2, 0.25) is 0 Å². The van der Waals surface area contributed by atoms with Crippen molar-refractivity contribution in [2.24, 2.45) is 5.73 Å². The standard InChI is InChI=1S/C9H20N2O/c1-9(2,10)7-11-5-4-8(6-11)12-3/h8H,4-7,10H2,1-3H3/t8-/m1/s1. The van der Waals surface area contributed by atoms with Gasteiger partial charge in [-0.05, 0) is 20.3 Å². The van der Waals surface area contributed by atoms with Crippen LogP contribution in [0.4, 0.5) is 0 Å². The zero-order chi connectivity index (χ0) is 9.19. The molecule has 1 aliphatic rings. The van der Waals surface area contributed by atoms with Crippen LogP contribution in [0.15, 0.2) is 0 Å². The summed E-state index contributed by atoms with van der Waals surface area (Å²) in [6, 6.07) is 0. The molecule has 1 fully saturated rings. The summed E-state index contributed by atoms with van der Waals surface area (Å²) in [5.41, 5.74) is 5.84. The van der Waals surface area contributed by atoms with Crippen molar-refractivity contribution < 1.29 is 4.74 Å². The predicted octanol–water partition coefficient (Wildman–Crippen LogP) is 0.444. The van der Waals surface area contributed by atoms with Crippen molar-refractivity contribution in [1.82, 2.24) is 4.90 Å². The maximum Gasteiger partial charge on any atom is 0.0710 e. The van der Waals surface area contributed by atoms with E-state index in [1.165, 1.54) is 0 Å². The molecule has 12 heavy (non-hydrogen) atoms. The van der Waals surface area contributed by atoms with Crippen molar-refractivity contribution >= 4 is 0 Å². The van der Waals surface area contributed by atoms with Crippen LogP contribution in [0, 0.1) is 0 Å². The van der Waals surface area contributed by atoms with E-state index in [0.29, 0.717) is 6.10 Å². The molecule has 1 aliphatic heterocycles. The van der Waals surface area contributed by atoms with Crippen LogP contribution < -0.4 is 5.73 Å². The smallest absolute Gasteiger partial charge is 0.0710 e. The van der Waals surface area contributed by atoms with Gasteiger partial charge in [-0.2, -0.15) is 0 Å². The second kappa shape index (κ2) is 3.73. The molecule has 3 heteroatoms. The first-order valence-corrected chi connectivity index (χ1v) is 4.55. The van der Waals surface area contributed by atoms with Crippen molar-refractivity contribution in [3.63, 3.8) is 0 Å². The molecule has 0 aromatic heterocycles. The molecule has 1 atom stereocenters. The highest BCUT2D eigenvalue weighted by molar-refractivity contribution is 4.83. The number of rotatable bonds is 3. The van der Waals surface area contributed by atoms with Gasteiger partial charge in [0.2, 0.25) is 0 Å². The molecule has 2 N–H and O–H groups in total. The quantitative estimate of drug-likeness (QED) is 0.671. The molecule has 3 nitrogen and oxygen atoms in total. The lowest BCUT2D eigenvalue weighted by atomic mass is 10.1. The number of nitrogens with zero attached hydrogens (tertiary/aromatic N) is 1. The topological polar surface area (TPSA) is 38.5 Å². The molecular formula is C9H20N2O. The summed E-state index contributed by atoms with van der Waals surface area (Å²) in [7, 11) is 1.78. The Labute approximate surface area is 74.9 Å². The molecule has 0 amide bonds. The van der Waals surface area contributed by atoms with Gasteiger partial charge in [0, 0.05) is 32.3 Å². The Morgan fingerprint density at radius 2 is 2.25 bits per heavy atom. The number of methoxy groups -OCH3 is 1. The second-order valence-electron chi connectivity index (χ2n) is 4.37. The lowest BCUT2D eigenvalue weighted by Crippen LogP contribution is -2.44. The van der Waals surface area contributed by atoms with Crippen molar-refractivity contribution in [2.45, 2.75) is 31.9 Å². The third-order valence-electron chi connectivity index (χ3n) is 2.19. The first-order chi connectivity index (χ1) is 5.51. The van der Waals surface area contributed by atoms with Crippen molar-refractivity contribution in [1.29, 1.82) is 0 Å². The van der Waals surface area contributed by atoms with E-state index in [-0.39, 0.29) is 5.54 Å². The summed E-state index contributed by atoms with van der Waals surface area (Å²) >= 11 is 0. The van der Waals surface area contributed by atoms with Crippen molar-refractivity contribution in [2.75, 3.05) is 26.7 Å². The Balaban J connectivity index is 2.28. The molecule has 0 unspecified atom stereocenters. The fourth-order valence-corrected chi connectivity index (χ4v) is 1.71. The Hall–Kier alpha value is -0.120. The van der Waals surface area contributed by atoms with E-state index in [0.717, 1.165) is 26.1 Å². The number of ether oxygens (including phenoxy) is 1. The van der Waals surface area contributed by atoms with E-state index in [1.807, 2.05) is 0 Å². The van der Waals surface area contributed by atoms with Gasteiger partial charge in [-0.15, -0.1) is 0 Å². The molecular weight excluding hydrogens is 152 g/mol. The molecule has 72 valence electrons. The van der Waals surface area contributed by atoms with Crippen LogP contribution in [0.5, 0.6) is 0 Å². The summed E-state index contributed by atoms with van der Waals surface area (Å²) in [6.07, 6.45) is 1.57. The van der Waals surface area contributed by atoms with Gasteiger partial charge in [-0.1, -0.05) is 0 Å². The van der Waals surface area contributed by atoms with Crippen LogP contribution >= 0.6 is 0 Å². The Bertz CT molecular complexity index is 142. The minimum absolute atomic E-state index is 0.0807. The highest BCUT2D eigenvalue weighted by Crippen LogP contribution is 2.13. The van der Waals surface area contributed by atoms with E-state index < -0.39 is 0 Å². The molecule has 0 spiro atoms. The molecule has 0 aromatic rings. The van der Waals surface area contributed by atoms with Gasteiger partial charge >= 0.3 is 0 Å². The molecule has 0 radical (unpaired) electrons. The first-order valence-electron chi connectivity index (χ1n) is 4.55. The van der Waals surface area contributed by atoms with Gasteiger partial charge in [0.05, 0.1) is 6.10 Å². The van der Waals surface area contributed by atoms with Crippen LogP contribution in [0.25, 0.3) is 0 Å². The highest BCUT2D eigenvalue weighted by atomic mass is 16.5. The minimum atomic E-state index is -0.0807. The fraction of sp³-hybridized carbons (Fsp3) is 1.00. The minimum Gasteiger partial charge on any atom is -0.380 e. The molecule has 1 rings (SSSR count). The lowest BCUT2D eigenvalue weighted by molar-refractivity contribution is 0.105. The van der Waals surface area contributed by atoms with Gasteiger partial charge in [-0.3, -0.25) is 4.90 Å². The average Bonchev–Trinajstić information content (AvgIpc) is 2.32. The molecule has 0 aromatic carbocycles. The largest absolute Gasteiger partial charge is 0.380 e. The number of nitrogens with two attached hydrogens (primary N) is 1. The molecule has 0 bridgehead atoms. The highest BCUT2D eigenvalue weighted by Gasteiger charge is 2.25. The number of hydrogen-bond donors (Lipinski definition) is 1. The lowest BCUT2D eigenvalue weighted by Gasteiger charge is -2.25. The van der Waals surface area contributed by atoms with Crippen LogP contribution in [0.3, 0.4) is 0 Å². The maximum atomic E-state index is 5.92. The molecule has 1 heterocycles. The normalized spacial score (nSPS) is 26.5. The summed E-state index contributed by atoms with van der Waals surface area (Å²) in [4.78, 5) is 2.37. The van der Waals surface area contributed by atoms with Gasteiger partial charge in [0.25, 0.3) is 0 Å². The monoisotopic (exact) mass is 172 g/mol. The summed E-state index contributed by atoms with van der Waals surface area (Å²) in [5, 5.41) is 0. The van der Waals surface area contributed by atoms with Crippen LogP contribution in [-0.4, -0.2) is 43.3 Å². The zero-order valence-electron chi connectivity index (χ0n) is 8.34. The summed E-state index contributed by atoms with van der Waals surface area (Å²) in [5.74, 6) is 0. The summed E-state index contributed by atoms with van der Waals surface area (Å²) < 4.78 is 5.27. The Kier molecular flexibility index (Phi) is 3.09. The van der Waals surface area contributed by atoms with E-state index in [4.69, 9.17) is 10.5 Å². The van der Waals surface area contributed by atoms with Crippen LogP contribution in [-0.2, 0) is 4.74 Å². The van der Waals surface area contributed by atoms with Gasteiger partial charge in [0.1, 0.15) is 0 Å². The third kappa shape index (κ3) is 3.09. The average molecular weight is 172 g/mol. The summed E-state index contributed by atoms with van der Waals surface area (Å²) in [6.45, 7) is 7.25. The van der Waals surface area contributed by atoms with Gasteiger partial charge in [0.15, 0.2) is 0 Å². The SMILES string of the molecule is CO[C@@H]1CCN(CC(C)(C)N)C1. The van der Waals surface area contributed by atoms with Crippen molar-refractivity contribution in [3.8, 4) is 0 Å². The van der Waals surface area contributed by atoms with Crippen LogP contribution in [0.1, 0.15) is 20.3 Å². The zero-order valence-corrected chi connectivity index (χ0v) is 8.34. The second-order valence-corrected chi connectivity index (χ2v) is 4.37.